The van der Waals surface area contributed by atoms with Crippen LogP contribution in [-0.4, -0.2) is 19.9 Å². The number of nitrogens with one attached hydrogen (secondary N) is 1. The van der Waals surface area contributed by atoms with Gasteiger partial charge in [0, 0.05) is 12.0 Å². The van der Waals surface area contributed by atoms with Gasteiger partial charge in [-0.25, -0.2) is 13.1 Å². The molecule has 2 rings (SSSR count). The Bertz CT molecular complexity index is 741. The Morgan fingerprint density at radius 2 is 1.61 bits per heavy atom. The summed E-state index contributed by atoms with van der Waals surface area (Å²) in [5.41, 5.74) is 3.70. The fourth-order valence-electron chi connectivity index (χ4n) is 2.21. The van der Waals surface area contributed by atoms with Crippen LogP contribution >= 0.6 is 11.3 Å². The quantitative estimate of drug-likeness (QED) is 0.892. The van der Waals surface area contributed by atoms with Gasteiger partial charge in [-0.05, 0) is 16.5 Å². The van der Waals surface area contributed by atoms with Crippen LogP contribution in [0.3, 0.4) is 0 Å². The molecule has 0 saturated heterocycles. The van der Waals surface area contributed by atoms with Gasteiger partial charge in [0.15, 0.2) is 4.21 Å². The molecule has 0 radical (unpaired) electrons. The zero-order chi connectivity index (χ0) is 17.3. The molecule has 6 heteroatoms. The highest BCUT2D eigenvalue weighted by Crippen LogP contribution is 2.27. The summed E-state index contributed by atoms with van der Waals surface area (Å²) in [6.45, 7) is 10.9. The molecule has 0 amide bonds. The molecule has 126 valence electrons. The van der Waals surface area contributed by atoms with E-state index in [1.54, 1.807) is 0 Å². The van der Waals surface area contributed by atoms with E-state index in [-0.39, 0.29) is 15.0 Å². The molecule has 0 aliphatic heterocycles. The lowest BCUT2D eigenvalue weighted by molar-refractivity contribution is 0.501. The van der Waals surface area contributed by atoms with Gasteiger partial charge in [0.1, 0.15) is 0 Å². The van der Waals surface area contributed by atoms with Crippen molar-refractivity contribution in [3.8, 4) is 0 Å². The first-order valence-corrected chi connectivity index (χ1v) is 9.88. The SMILES string of the molecule is CC(C)(C)c1ccc(C(C)(C)CNS(=O)(=O)c2cncs2)cc1. The van der Waals surface area contributed by atoms with Gasteiger partial charge in [-0.3, -0.25) is 4.98 Å². The van der Waals surface area contributed by atoms with E-state index in [1.807, 2.05) is 13.8 Å². The average molecular weight is 353 g/mol. The molecular formula is C17H24N2O2S2. The zero-order valence-corrected chi connectivity index (χ0v) is 15.9. The van der Waals surface area contributed by atoms with E-state index in [0.717, 1.165) is 16.9 Å². The fraction of sp³-hybridized carbons (Fsp3) is 0.471. The summed E-state index contributed by atoms with van der Waals surface area (Å²) in [6, 6.07) is 8.41. The number of sulfonamides is 1. The van der Waals surface area contributed by atoms with Gasteiger partial charge in [-0.2, -0.15) is 0 Å². The summed E-state index contributed by atoms with van der Waals surface area (Å²) in [6.07, 6.45) is 1.37. The number of benzene rings is 1. The lowest BCUT2D eigenvalue weighted by Gasteiger charge is -2.27. The van der Waals surface area contributed by atoms with Crippen LogP contribution in [0.15, 0.2) is 40.2 Å². The molecule has 4 nitrogen and oxygen atoms in total. The normalized spacial score (nSPS) is 13.3. The number of hydrogen-bond donors (Lipinski definition) is 1. The van der Waals surface area contributed by atoms with Gasteiger partial charge in [-0.1, -0.05) is 58.9 Å². The molecule has 0 aliphatic carbocycles. The van der Waals surface area contributed by atoms with Crippen molar-refractivity contribution in [1.82, 2.24) is 9.71 Å². The molecule has 2 aromatic rings. The van der Waals surface area contributed by atoms with Gasteiger partial charge in [0.2, 0.25) is 0 Å². The first-order valence-electron chi connectivity index (χ1n) is 7.51. The van der Waals surface area contributed by atoms with Crippen molar-refractivity contribution in [3.63, 3.8) is 0 Å². The standard InChI is InChI=1S/C17H24N2O2S2/c1-16(2,3)13-6-8-14(9-7-13)17(4,5)11-19-23(20,21)15-10-18-12-22-15/h6-10,12,19H,11H2,1-5H3. The van der Waals surface area contributed by atoms with Crippen LogP contribution in [0, 0.1) is 0 Å². The summed E-state index contributed by atoms with van der Waals surface area (Å²) in [7, 11) is -3.48. The van der Waals surface area contributed by atoms with Crippen molar-refractivity contribution in [3.05, 3.63) is 47.1 Å². The molecule has 0 unspecified atom stereocenters. The summed E-state index contributed by atoms with van der Waals surface area (Å²) in [4.78, 5) is 3.82. The van der Waals surface area contributed by atoms with Crippen LogP contribution in [0.25, 0.3) is 0 Å². The Balaban J connectivity index is 2.13. The van der Waals surface area contributed by atoms with Crippen LogP contribution < -0.4 is 4.72 Å². The summed E-state index contributed by atoms with van der Waals surface area (Å²) in [5, 5.41) is 0. The van der Waals surface area contributed by atoms with E-state index in [4.69, 9.17) is 0 Å². The van der Waals surface area contributed by atoms with Gasteiger partial charge >= 0.3 is 0 Å². The van der Waals surface area contributed by atoms with Crippen LogP contribution in [0.4, 0.5) is 0 Å². The molecule has 0 atom stereocenters. The molecule has 0 bridgehead atoms. The topological polar surface area (TPSA) is 59.1 Å². The third kappa shape index (κ3) is 4.40. The third-order valence-corrected chi connectivity index (χ3v) is 6.58. The van der Waals surface area contributed by atoms with E-state index in [2.05, 4.69) is 54.7 Å². The molecule has 1 N–H and O–H groups in total. The van der Waals surface area contributed by atoms with Gasteiger partial charge < -0.3 is 0 Å². The largest absolute Gasteiger partial charge is 0.252 e. The minimum absolute atomic E-state index is 0.108. The summed E-state index contributed by atoms with van der Waals surface area (Å²) in [5.74, 6) is 0. The lowest BCUT2D eigenvalue weighted by Crippen LogP contribution is -2.36. The second-order valence-corrected chi connectivity index (χ2v) is 10.2. The van der Waals surface area contributed by atoms with Crippen LogP contribution in [0.5, 0.6) is 0 Å². The number of rotatable bonds is 5. The van der Waals surface area contributed by atoms with Crippen molar-refractivity contribution in [1.29, 1.82) is 0 Å². The molecule has 23 heavy (non-hydrogen) atoms. The smallest absolute Gasteiger partial charge is 0.251 e. The van der Waals surface area contributed by atoms with E-state index < -0.39 is 10.0 Å². The highest BCUT2D eigenvalue weighted by atomic mass is 32.2. The minimum atomic E-state index is -3.48. The van der Waals surface area contributed by atoms with Crippen molar-refractivity contribution >= 4 is 21.4 Å². The van der Waals surface area contributed by atoms with Gasteiger partial charge in [-0.15, -0.1) is 11.3 Å². The monoisotopic (exact) mass is 352 g/mol. The maximum Gasteiger partial charge on any atom is 0.251 e. The first-order chi connectivity index (χ1) is 10.5. The molecule has 0 saturated carbocycles. The first kappa shape index (κ1) is 18.1. The van der Waals surface area contributed by atoms with E-state index in [9.17, 15) is 8.42 Å². The van der Waals surface area contributed by atoms with Crippen molar-refractivity contribution in [2.24, 2.45) is 0 Å². The Labute approximate surface area is 143 Å². The Morgan fingerprint density at radius 3 is 2.09 bits per heavy atom. The number of nitrogens with zero attached hydrogens (tertiary/aromatic N) is 1. The minimum Gasteiger partial charge on any atom is -0.252 e. The Hall–Kier alpha value is -1.24. The predicted molar refractivity (Wildman–Crippen MR) is 95.5 cm³/mol. The highest BCUT2D eigenvalue weighted by Gasteiger charge is 2.25. The third-order valence-electron chi connectivity index (χ3n) is 3.91. The van der Waals surface area contributed by atoms with Crippen molar-refractivity contribution in [2.45, 2.75) is 49.7 Å². The summed E-state index contributed by atoms with van der Waals surface area (Å²) < 4.78 is 27.4. The van der Waals surface area contributed by atoms with Crippen LogP contribution in [0.1, 0.15) is 45.7 Å². The maximum atomic E-state index is 12.2. The lowest BCUT2D eigenvalue weighted by atomic mass is 9.81. The highest BCUT2D eigenvalue weighted by molar-refractivity contribution is 7.91. The van der Waals surface area contributed by atoms with E-state index >= 15 is 0 Å². The second-order valence-electron chi connectivity index (χ2n) is 7.36. The van der Waals surface area contributed by atoms with Crippen molar-refractivity contribution < 1.29 is 8.42 Å². The van der Waals surface area contributed by atoms with Crippen molar-refractivity contribution in [2.75, 3.05) is 6.54 Å². The van der Waals surface area contributed by atoms with Gasteiger partial charge in [0.25, 0.3) is 10.0 Å². The van der Waals surface area contributed by atoms with Crippen LogP contribution in [0.2, 0.25) is 0 Å². The van der Waals surface area contributed by atoms with Crippen LogP contribution in [-0.2, 0) is 20.9 Å². The molecule has 1 aromatic heterocycles. The zero-order valence-electron chi connectivity index (χ0n) is 14.3. The van der Waals surface area contributed by atoms with E-state index in [1.165, 1.54) is 17.3 Å². The predicted octanol–water partition coefficient (Wildman–Crippen LogP) is 3.70. The molecule has 0 spiro atoms. The van der Waals surface area contributed by atoms with E-state index in [0.29, 0.717) is 6.54 Å². The fourth-order valence-corrected chi connectivity index (χ4v) is 4.26. The molecule has 1 heterocycles. The second kappa shape index (κ2) is 6.34. The molecule has 0 fully saturated rings. The molecule has 0 aliphatic rings. The Kier molecular flexibility index (Phi) is 4.99. The number of thiazole rings is 1. The maximum absolute atomic E-state index is 12.2. The summed E-state index contributed by atoms with van der Waals surface area (Å²) >= 11 is 1.12. The average Bonchev–Trinajstić information content (AvgIpc) is 3.00. The number of aromatic nitrogens is 1. The Morgan fingerprint density at radius 1 is 1.04 bits per heavy atom. The van der Waals surface area contributed by atoms with Gasteiger partial charge in [0.05, 0.1) is 11.7 Å². The molecule has 1 aromatic carbocycles. The number of hydrogen-bond acceptors (Lipinski definition) is 4. The molecular weight excluding hydrogens is 328 g/mol.